The molecule has 204 valence electrons. The molecule has 2 heterocycles. The van der Waals surface area contributed by atoms with Crippen molar-refractivity contribution >= 4 is 54.7 Å². The number of rotatable bonds is 7. The van der Waals surface area contributed by atoms with E-state index in [4.69, 9.17) is 4.98 Å². The Labute approximate surface area is 239 Å². The third-order valence-electron chi connectivity index (χ3n) is 7.79. The van der Waals surface area contributed by atoms with Gasteiger partial charge in [0, 0.05) is 64.2 Å². The van der Waals surface area contributed by atoms with Crippen LogP contribution in [-0.4, -0.2) is 45.8 Å². The van der Waals surface area contributed by atoms with Crippen molar-refractivity contribution in [2.75, 3.05) is 36.6 Å². The fourth-order valence-corrected chi connectivity index (χ4v) is 9.25. The molecule has 6 rings (SSSR count). The molecule has 4 aromatic rings. The van der Waals surface area contributed by atoms with Crippen molar-refractivity contribution in [1.29, 1.82) is 0 Å². The zero-order valence-corrected chi connectivity index (χ0v) is 24.8. The summed E-state index contributed by atoms with van der Waals surface area (Å²) >= 11 is 3.71. The van der Waals surface area contributed by atoms with Crippen LogP contribution in [0, 0.1) is 5.92 Å². The van der Waals surface area contributed by atoms with E-state index in [9.17, 15) is 8.42 Å². The summed E-state index contributed by atoms with van der Waals surface area (Å²) in [7, 11) is 0.333. The second-order valence-corrected chi connectivity index (χ2v) is 14.6. The van der Waals surface area contributed by atoms with Crippen molar-refractivity contribution in [2.24, 2.45) is 5.92 Å². The summed E-state index contributed by atoms with van der Waals surface area (Å²) in [6.07, 6.45) is 5.07. The van der Waals surface area contributed by atoms with E-state index >= 15 is 0 Å². The van der Waals surface area contributed by atoms with Crippen molar-refractivity contribution in [1.82, 2.24) is 9.71 Å². The third-order valence-corrected chi connectivity index (χ3v) is 11.4. The van der Waals surface area contributed by atoms with Crippen LogP contribution < -0.4 is 14.9 Å². The van der Waals surface area contributed by atoms with E-state index in [1.807, 2.05) is 61.1 Å². The van der Waals surface area contributed by atoms with Crippen LogP contribution in [-0.2, 0) is 16.4 Å². The van der Waals surface area contributed by atoms with Crippen LogP contribution in [0.2, 0.25) is 0 Å². The van der Waals surface area contributed by atoms with E-state index in [-0.39, 0.29) is 0 Å². The number of hydrogen-bond acceptors (Lipinski definition) is 7. The summed E-state index contributed by atoms with van der Waals surface area (Å²) < 4.78 is 29.6. The molecule has 0 saturated heterocycles. The quantitative estimate of drug-likeness (QED) is 0.257. The Hall–Kier alpha value is -2.59. The van der Waals surface area contributed by atoms with Gasteiger partial charge in [0.1, 0.15) is 0 Å². The van der Waals surface area contributed by atoms with Crippen molar-refractivity contribution in [3.63, 3.8) is 0 Å². The zero-order chi connectivity index (χ0) is 27.0. The lowest BCUT2D eigenvalue weighted by Crippen LogP contribution is -2.34. The summed E-state index contributed by atoms with van der Waals surface area (Å²) in [6.45, 7) is 0.471. The molecule has 39 heavy (non-hydrogen) atoms. The molecular weight excluding hydrogens is 545 g/mol. The molecule has 0 bridgehead atoms. The molecule has 1 fully saturated rings. The van der Waals surface area contributed by atoms with E-state index in [0.717, 1.165) is 65.1 Å². The van der Waals surface area contributed by atoms with Crippen LogP contribution in [0.4, 0.5) is 10.8 Å². The Kier molecular flexibility index (Phi) is 7.59. The molecule has 0 unspecified atom stereocenters. The smallest absolute Gasteiger partial charge is 0.241 e. The summed E-state index contributed by atoms with van der Waals surface area (Å²) in [5.41, 5.74) is 3.40. The number of thioether (sulfide) groups is 1. The SMILES string of the molecule is CN(C)c1cccc2c(S(=O)(=O)NC[C@H]3CC[C@H](Nc4nc5c(s4)CCSc4ccccc4-5)CC3)cccc12. The van der Waals surface area contributed by atoms with Crippen molar-refractivity contribution in [2.45, 2.75) is 47.9 Å². The van der Waals surface area contributed by atoms with E-state index in [2.05, 4.69) is 34.3 Å². The minimum absolute atomic E-state index is 0.335. The van der Waals surface area contributed by atoms with Crippen molar-refractivity contribution in [3.8, 4) is 11.3 Å². The van der Waals surface area contributed by atoms with Crippen molar-refractivity contribution < 1.29 is 8.42 Å². The van der Waals surface area contributed by atoms with Gasteiger partial charge < -0.3 is 10.2 Å². The van der Waals surface area contributed by atoms with Gasteiger partial charge in [-0.05, 0) is 56.2 Å². The maximum atomic E-state index is 13.3. The van der Waals surface area contributed by atoms with E-state index in [0.29, 0.717) is 23.4 Å². The Balaban J connectivity index is 1.07. The topological polar surface area (TPSA) is 74.3 Å². The minimum Gasteiger partial charge on any atom is -0.377 e. The number of anilines is 2. The lowest BCUT2D eigenvalue weighted by Gasteiger charge is -2.29. The second kappa shape index (κ2) is 11.1. The molecule has 2 aliphatic rings. The number of nitrogens with zero attached hydrogens (tertiary/aromatic N) is 2. The molecule has 1 aliphatic heterocycles. The number of aryl methyl sites for hydroxylation is 1. The standard InChI is InChI=1S/C30H34N4O2S3/c1-34(2)25-10-5-9-23-22(25)8-6-12-28(23)39(35,36)31-19-20-13-15-21(16-14-20)32-30-33-29-24-7-3-4-11-26(24)37-18-17-27(29)38-30/h3-12,20-21,31H,13-19H2,1-2H3,(H,32,33)/t20-,21-. The molecule has 2 N–H and O–H groups in total. The van der Waals surface area contributed by atoms with Gasteiger partial charge in [-0.15, -0.1) is 23.1 Å². The first-order valence-electron chi connectivity index (χ1n) is 13.6. The van der Waals surface area contributed by atoms with Gasteiger partial charge in [-0.25, -0.2) is 18.1 Å². The van der Waals surface area contributed by atoms with Gasteiger partial charge in [-0.2, -0.15) is 0 Å². The van der Waals surface area contributed by atoms with Crippen LogP contribution in [0.15, 0.2) is 70.5 Å². The highest BCUT2D eigenvalue weighted by molar-refractivity contribution is 7.99. The van der Waals surface area contributed by atoms with E-state index < -0.39 is 10.0 Å². The highest BCUT2D eigenvalue weighted by Gasteiger charge is 2.26. The second-order valence-electron chi connectivity index (χ2n) is 10.6. The fourth-order valence-electron chi connectivity index (χ4n) is 5.71. The van der Waals surface area contributed by atoms with Gasteiger partial charge in [0.15, 0.2) is 5.13 Å². The lowest BCUT2D eigenvalue weighted by molar-refractivity contribution is 0.337. The fraction of sp³-hybridized carbons (Fsp3) is 0.367. The number of fused-ring (bicyclic) bond motifs is 4. The highest BCUT2D eigenvalue weighted by atomic mass is 32.2. The zero-order valence-electron chi connectivity index (χ0n) is 22.3. The predicted molar refractivity (Wildman–Crippen MR) is 165 cm³/mol. The molecule has 0 atom stereocenters. The molecule has 0 amide bonds. The molecule has 9 heteroatoms. The van der Waals surface area contributed by atoms with Gasteiger partial charge in [-0.1, -0.05) is 42.5 Å². The lowest BCUT2D eigenvalue weighted by atomic mass is 9.86. The Bertz CT molecular complexity index is 1590. The maximum absolute atomic E-state index is 13.3. The molecule has 0 spiro atoms. The molecule has 6 nitrogen and oxygen atoms in total. The molecule has 1 aliphatic carbocycles. The molecule has 1 saturated carbocycles. The summed E-state index contributed by atoms with van der Waals surface area (Å²) in [5.74, 6) is 1.42. The van der Waals surface area contributed by atoms with Crippen LogP contribution >= 0.6 is 23.1 Å². The van der Waals surface area contributed by atoms with Gasteiger partial charge in [0.2, 0.25) is 10.0 Å². The minimum atomic E-state index is -3.61. The number of thiazole rings is 1. The Morgan fingerprint density at radius 2 is 1.72 bits per heavy atom. The van der Waals surface area contributed by atoms with Gasteiger partial charge in [-0.3, -0.25) is 0 Å². The summed E-state index contributed by atoms with van der Waals surface area (Å²) in [6, 6.07) is 20.3. The van der Waals surface area contributed by atoms with Crippen LogP contribution in [0.3, 0.4) is 0 Å². The normalized spacial score (nSPS) is 19.2. The van der Waals surface area contributed by atoms with Crippen LogP contribution in [0.1, 0.15) is 30.6 Å². The Morgan fingerprint density at radius 1 is 0.949 bits per heavy atom. The predicted octanol–water partition coefficient (Wildman–Crippen LogP) is 6.63. The van der Waals surface area contributed by atoms with Crippen LogP contribution in [0.25, 0.3) is 22.0 Å². The third kappa shape index (κ3) is 5.55. The highest BCUT2D eigenvalue weighted by Crippen LogP contribution is 2.41. The average molecular weight is 579 g/mol. The first kappa shape index (κ1) is 26.6. The molecule has 1 aromatic heterocycles. The van der Waals surface area contributed by atoms with Crippen LogP contribution in [0.5, 0.6) is 0 Å². The molecule has 0 radical (unpaired) electrons. The number of benzene rings is 3. The summed E-state index contributed by atoms with van der Waals surface area (Å²) in [5, 5.41) is 6.41. The number of hydrogen-bond donors (Lipinski definition) is 2. The average Bonchev–Trinajstić information content (AvgIpc) is 3.26. The van der Waals surface area contributed by atoms with Gasteiger partial charge in [0.05, 0.1) is 10.6 Å². The maximum Gasteiger partial charge on any atom is 0.241 e. The van der Waals surface area contributed by atoms with Gasteiger partial charge >= 0.3 is 0 Å². The Morgan fingerprint density at radius 3 is 2.54 bits per heavy atom. The first-order valence-corrected chi connectivity index (χ1v) is 16.8. The van der Waals surface area contributed by atoms with E-state index in [1.165, 1.54) is 15.3 Å². The number of sulfonamides is 1. The van der Waals surface area contributed by atoms with Crippen molar-refractivity contribution in [3.05, 3.63) is 65.5 Å². The van der Waals surface area contributed by atoms with Gasteiger partial charge in [0.25, 0.3) is 0 Å². The number of nitrogens with one attached hydrogen (secondary N) is 2. The first-order chi connectivity index (χ1) is 18.9. The largest absolute Gasteiger partial charge is 0.377 e. The number of aromatic nitrogens is 1. The van der Waals surface area contributed by atoms with E-state index in [1.54, 1.807) is 17.4 Å². The molecule has 3 aromatic carbocycles. The molecular formula is C30H34N4O2S3. The monoisotopic (exact) mass is 578 g/mol. The summed E-state index contributed by atoms with van der Waals surface area (Å²) in [4.78, 5) is 10.1.